The molecular weight excluding hydrogens is 308 g/mol. The van der Waals surface area contributed by atoms with Crippen molar-refractivity contribution in [2.45, 2.75) is 25.8 Å². The van der Waals surface area contributed by atoms with Gasteiger partial charge in [0.1, 0.15) is 5.69 Å². The highest BCUT2D eigenvalue weighted by molar-refractivity contribution is 5.91. The minimum absolute atomic E-state index is 0.197. The Bertz CT molecular complexity index is 782. The summed E-state index contributed by atoms with van der Waals surface area (Å²) in [4.78, 5) is 34.4. The van der Waals surface area contributed by atoms with Gasteiger partial charge in [0, 0.05) is 32.4 Å². The minimum Gasteiger partial charge on any atom is -0.345 e. The number of anilines is 1. The largest absolute Gasteiger partial charge is 0.345 e. The van der Waals surface area contributed by atoms with Crippen LogP contribution in [0.25, 0.3) is 0 Å². The van der Waals surface area contributed by atoms with Gasteiger partial charge in [0.25, 0.3) is 11.5 Å². The first kappa shape index (κ1) is 16.1. The zero-order valence-corrected chi connectivity index (χ0v) is 13.6. The topological polar surface area (TPSA) is 93.0 Å². The van der Waals surface area contributed by atoms with Crippen LogP contribution in [0.3, 0.4) is 0 Å². The number of nitrogens with one attached hydrogen (secondary N) is 1. The van der Waals surface area contributed by atoms with E-state index in [1.807, 2.05) is 0 Å². The maximum atomic E-state index is 12.1. The molecule has 8 nitrogen and oxygen atoms in total. The number of amides is 1. The molecule has 2 aromatic heterocycles. The van der Waals surface area contributed by atoms with E-state index in [2.05, 4.69) is 25.3 Å². The molecule has 1 fully saturated rings. The predicted octanol–water partition coefficient (Wildman–Crippen LogP) is 0.491. The summed E-state index contributed by atoms with van der Waals surface area (Å²) in [6, 6.07) is 4.51. The summed E-state index contributed by atoms with van der Waals surface area (Å²) in [5.41, 5.74) is 0.680. The number of piperidine rings is 1. The molecular formula is C16H20N6O2. The molecule has 0 bridgehead atoms. The van der Waals surface area contributed by atoms with Crippen molar-refractivity contribution in [3.05, 3.63) is 46.1 Å². The monoisotopic (exact) mass is 328 g/mol. The third-order valence-electron chi connectivity index (χ3n) is 3.96. The lowest BCUT2D eigenvalue weighted by molar-refractivity contribution is 0.0943. The average molecular weight is 328 g/mol. The van der Waals surface area contributed by atoms with E-state index in [4.69, 9.17) is 0 Å². The third-order valence-corrected chi connectivity index (χ3v) is 3.96. The molecule has 1 N–H and O–H groups in total. The second-order valence-electron chi connectivity index (χ2n) is 5.76. The summed E-state index contributed by atoms with van der Waals surface area (Å²) < 4.78 is 1.13. The second-order valence-corrected chi connectivity index (χ2v) is 5.76. The SMILES string of the molecule is Cn1nc(C(=O)NCc2ccnc(N3CCCCC3)n2)ccc1=O. The Balaban J connectivity index is 1.64. The van der Waals surface area contributed by atoms with Crippen LogP contribution in [0.4, 0.5) is 5.95 Å². The van der Waals surface area contributed by atoms with Crippen LogP contribution >= 0.6 is 0 Å². The van der Waals surface area contributed by atoms with E-state index in [0.29, 0.717) is 5.95 Å². The van der Waals surface area contributed by atoms with Gasteiger partial charge in [-0.3, -0.25) is 9.59 Å². The molecule has 0 saturated carbocycles. The van der Waals surface area contributed by atoms with Crippen molar-refractivity contribution in [1.29, 1.82) is 0 Å². The van der Waals surface area contributed by atoms with E-state index in [-0.39, 0.29) is 23.7 Å². The first-order valence-electron chi connectivity index (χ1n) is 8.03. The Labute approximate surface area is 139 Å². The van der Waals surface area contributed by atoms with Gasteiger partial charge < -0.3 is 10.2 Å². The third kappa shape index (κ3) is 3.76. The lowest BCUT2D eigenvalue weighted by Crippen LogP contribution is -2.32. The summed E-state index contributed by atoms with van der Waals surface area (Å²) in [6.45, 7) is 2.22. The van der Waals surface area contributed by atoms with Crippen LogP contribution < -0.4 is 15.8 Å². The van der Waals surface area contributed by atoms with Crippen LogP contribution in [-0.4, -0.2) is 38.7 Å². The highest BCUT2D eigenvalue weighted by Gasteiger charge is 2.14. The van der Waals surface area contributed by atoms with Crippen LogP contribution in [-0.2, 0) is 13.6 Å². The molecule has 0 aromatic carbocycles. The van der Waals surface area contributed by atoms with Gasteiger partial charge in [-0.1, -0.05) is 0 Å². The molecule has 3 heterocycles. The molecule has 0 aliphatic carbocycles. The Kier molecular flexibility index (Phi) is 4.83. The number of hydrogen-bond acceptors (Lipinski definition) is 6. The lowest BCUT2D eigenvalue weighted by atomic mass is 10.1. The second kappa shape index (κ2) is 7.20. The number of aromatic nitrogens is 4. The van der Waals surface area contributed by atoms with Gasteiger partial charge in [-0.05, 0) is 31.4 Å². The number of carbonyl (C=O) groups excluding carboxylic acids is 1. The zero-order valence-electron chi connectivity index (χ0n) is 13.6. The quantitative estimate of drug-likeness (QED) is 0.878. The van der Waals surface area contributed by atoms with E-state index < -0.39 is 0 Å². The van der Waals surface area contributed by atoms with Crippen LogP contribution in [0.2, 0.25) is 0 Å². The molecule has 126 valence electrons. The maximum Gasteiger partial charge on any atom is 0.272 e. The number of carbonyl (C=O) groups is 1. The number of nitrogens with zero attached hydrogens (tertiary/aromatic N) is 5. The van der Waals surface area contributed by atoms with Gasteiger partial charge in [0.15, 0.2) is 0 Å². The zero-order chi connectivity index (χ0) is 16.9. The smallest absolute Gasteiger partial charge is 0.272 e. The summed E-state index contributed by atoms with van der Waals surface area (Å²) in [6.07, 6.45) is 5.27. The van der Waals surface area contributed by atoms with Crippen LogP contribution in [0.15, 0.2) is 29.2 Å². The molecule has 1 saturated heterocycles. The Morgan fingerprint density at radius 3 is 2.75 bits per heavy atom. The summed E-state index contributed by atoms with van der Waals surface area (Å²) in [5.74, 6) is 0.366. The van der Waals surface area contributed by atoms with E-state index >= 15 is 0 Å². The Morgan fingerprint density at radius 1 is 1.21 bits per heavy atom. The van der Waals surface area contributed by atoms with Crippen molar-refractivity contribution in [2.24, 2.45) is 7.05 Å². The summed E-state index contributed by atoms with van der Waals surface area (Å²) in [7, 11) is 1.51. The normalized spacial score (nSPS) is 14.5. The molecule has 0 atom stereocenters. The maximum absolute atomic E-state index is 12.1. The molecule has 0 radical (unpaired) electrons. The summed E-state index contributed by atoms with van der Waals surface area (Å²) >= 11 is 0. The van der Waals surface area contributed by atoms with Crippen molar-refractivity contribution < 1.29 is 4.79 Å². The Morgan fingerprint density at radius 2 is 2.00 bits per heavy atom. The van der Waals surface area contributed by atoms with Crippen LogP contribution in [0.5, 0.6) is 0 Å². The molecule has 8 heteroatoms. The molecule has 1 aliphatic heterocycles. The minimum atomic E-state index is -0.344. The highest BCUT2D eigenvalue weighted by atomic mass is 16.2. The fourth-order valence-electron chi connectivity index (χ4n) is 2.61. The van der Waals surface area contributed by atoms with E-state index in [9.17, 15) is 9.59 Å². The average Bonchev–Trinajstić information content (AvgIpc) is 2.63. The van der Waals surface area contributed by atoms with E-state index in [1.165, 1.54) is 25.6 Å². The van der Waals surface area contributed by atoms with Gasteiger partial charge in [0.05, 0.1) is 12.2 Å². The summed E-state index contributed by atoms with van der Waals surface area (Å²) in [5, 5.41) is 6.69. The molecule has 1 amide bonds. The molecule has 2 aromatic rings. The van der Waals surface area contributed by atoms with Crippen molar-refractivity contribution in [3.63, 3.8) is 0 Å². The van der Waals surface area contributed by atoms with Crippen molar-refractivity contribution >= 4 is 11.9 Å². The first-order valence-corrected chi connectivity index (χ1v) is 8.03. The van der Waals surface area contributed by atoms with E-state index in [1.54, 1.807) is 12.3 Å². The van der Waals surface area contributed by atoms with Gasteiger partial charge in [-0.2, -0.15) is 5.10 Å². The van der Waals surface area contributed by atoms with Crippen LogP contribution in [0, 0.1) is 0 Å². The number of rotatable bonds is 4. The predicted molar refractivity (Wildman–Crippen MR) is 88.7 cm³/mol. The molecule has 1 aliphatic rings. The van der Waals surface area contributed by atoms with Gasteiger partial charge in [-0.25, -0.2) is 14.6 Å². The molecule has 0 spiro atoms. The molecule has 24 heavy (non-hydrogen) atoms. The first-order chi connectivity index (χ1) is 11.6. The van der Waals surface area contributed by atoms with Crippen molar-refractivity contribution in [3.8, 4) is 0 Å². The molecule has 3 rings (SSSR count). The van der Waals surface area contributed by atoms with Crippen molar-refractivity contribution in [2.75, 3.05) is 18.0 Å². The Hall–Kier alpha value is -2.77. The number of hydrogen-bond donors (Lipinski definition) is 1. The fourth-order valence-corrected chi connectivity index (χ4v) is 2.61. The number of aryl methyl sites for hydroxylation is 1. The van der Waals surface area contributed by atoms with Gasteiger partial charge in [0.2, 0.25) is 5.95 Å². The lowest BCUT2D eigenvalue weighted by Gasteiger charge is -2.26. The fraction of sp³-hybridized carbons (Fsp3) is 0.438. The van der Waals surface area contributed by atoms with Gasteiger partial charge in [-0.15, -0.1) is 0 Å². The van der Waals surface area contributed by atoms with Crippen LogP contribution in [0.1, 0.15) is 35.4 Å². The van der Waals surface area contributed by atoms with Crippen molar-refractivity contribution in [1.82, 2.24) is 25.1 Å². The van der Waals surface area contributed by atoms with E-state index in [0.717, 1.165) is 36.3 Å². The molecule has 0 unspecified atom stereocenters. The highest BCUT2D eigenvalue weighted by Crippen LogP contribution is 2.15. The van der Waals surface area contributed by atoms with Gasteiger partial charge >= 0.3 is 0 Å². The standard InChI is InChI=1S/C16H20N6O2/c1-21-14(23)6-5-13(20-21)15(24)18-11-12-7-8-17-16(19-12)22-9-3-2-4-10-22/h5-8H,2-4,9-11H2,1H3,(H,18,24).